The highest BCUT2D eigenvalue weighted by Gasteiger charge is 2.33. The maximum absolute atomic E-state index is 12.7. The third-order valence-corrected chi connectivity index (χ3v) is 10.7. The van der Waals surface area contributed by atoms with Gasteiger partial charge in [0.15, 0.2) is 0 Å². The van der Waals surface area contributed by atoms with E-state index in [2.05, 4.69) is 25.7 Å². The number of nitrogens with zero attached hydrogens (tertiary/aromatic N) is 1. The SMILES string of the molecule is CCCCCCCCC(CCCCCCC)OC(=O)CCCCCCCN(CCO)CCCCCC(=O)OC(CCCCCCCC)C1CC1. The zero-order chi connectivity index (χ0) is 36.3. The minimum absolute atomic E-state index is 0.000789. The largest absolute Gasteiger partial charge is 0.462 e. The Labute approximate surface area is 311 Å². The van der Waals surface area contributed by atoms with E-state index in [1.54, 1.807) is 0 Å². The van der Waals surface area contributed by atoms with Crippen LogP contribution in [0.1, 0.15) is 226 Å². The third kappa shape index (κ3) is 29.4. The Kier molecular flexibility index (Phi) is 32.7. The fourth-order valence-corrected chi connectivity index (χ4v) is 7.24. The van der Waals surface area contributed by atoms with Gasteiger partial charge in [-0.2, -0.15) is 0 Å². The van der Waals surface area contributed by atoms with Crippen LogP contribution in [0.15, 0.2) is 0 Å². The molecule has 296 valence electrons. The maximum atomic E-state index is 12.7. The fraction of sp³-hybridized carbons (Fsp3) is 0.955. The lowest BCUT2D eigenvalue weighted by atomic mass is 10.0. The Bertz CT molecular complexity index is 757. The molecule has 50 heavy (non-hydrogen) atoms. The van der Waals surface area contributed by atoms with E-state index in [0.717, 1.165) is 83.7 Å². The standard InChI is InChI=1S/C44H85NO5/c1-4-7-10-13-17-23-30-41(29-22-16-12-9-6-3)49-43(47)32-25-19-15-20-27-36-45(38-39-46)37-28-21-26-33-44(48)50-42(40-34-35-40)31-24-18-14-11-8-5-2/h40-42,46H,4-39H2,1-3H3. The molecule has 0 bridgehead atoms. The topological polar surface area (TPSA) is 76.1 Å². The first-order valence-corrected chi connectivity index (χ1v) is 22.3. The minimum atomic E-state index is -0.000789. The highest BCUT2D eigenvalue weighted by atomic mass is 16.5. The number of aliphatic hydroxyl groups is 1. The average molecular weight is 708 g/mol. The third-order valence-electron chi connectivity index (χ3n) is 10.7. The molecule has 1 saturated carbocycles. The summed E-state index contributed by atoms with van der Waals surface area (Å²) in [7, 11) is 0. The number of esters is 2. The minimum Gasteiger partial charge on any atom is -0.462 e. The van der Waals surface area contributed by atoms with Crippen molar-refractivity contribution >= 4 is 11.9 Å². The number of carbonyl (C=O) groups is 2. The van der Waals surface area contributed by atoms with Crippen molar-refractivity contribution in [1.82, 2.24) is 4.90 Å². The van der Waals surface area contributed by atoms with E-state index in [-0.39, 0.29) is 30.8 Å². The summed E-state index contributed by atoms with van der Waals surface area (Å²) in [5.74, 6) is 0.622. The number of hydrogen-bond acceptors (Lipinski definition) is 6. The number of carbonyl (C=O) groups excluding carboxylic acids is 2. The van der Waals surface area contributed by atoms with Gasteiger partial charge in [0.25, 0.3) is 0 Å². The first kappa shape index (κ1) is 46.9. The van der Waals surface area contributed by atoms with Crippen LogP contribution in [0, 0.1) is 5.92 Å². The van der Waals surface area contributed by atoms with Crippen molar-refractivity contribution in [3.05, 3.63) is 0 Å². The number of unbranched alkanes of at least 4 members (excludes halogenated alkanes) is 20. The zero-order valence-electron chi connectivity index (χ0n) is 33.7. The summed E-state index contributed by atoms with van der Waals surface area (Å²) in [6.07, 6.45) is 37.0. The van der Waals surface area contributed by atoms with Gasteiger partial charge in [-0.15, -0.1) is 0 Å². The van der Waals surface area contributed by atoms with Crippen LogP contribution in [0.4, 0.5) is 0 Å². The summed E-state index contributed by atoms with van der Waals surface area (Å²) < 4.78 is 11.9. The summed E-state index contributed by atoms with van der Waals surface area (Å²) in [4.78, 5) is 27.6. The predicted octanol–water partition coefficient (Wildman–Crippen LogP) is 12.3. The molecule has 2 atom stereocenters. The first-order valence-electron chi connectivity index (χ1n) is 22.3. The van der Waals surface area contributed by atoms with Crippen molar-refractivity contribution in [3.63, 3.8) is 0 Å². The molecule has 1 aliphatic rings. The Morgan fingerprint density at radius 3 is 1.40 bits per heavy atom. The number of aliphatic hydroxyl groups excluding tert-OH is 1. The number of ether oxygens (including phenoxy) is 2. The molecule has 1 aliphatic carbocycles. The lowest BCUT2D eigenvalue weighted by Crippen LogP contribution is -2.29. The molecule has 0 aromatic carbocycles. The van der Waals surface area contributed by atoms with Gasteiger partial charge in [-0.05, 0) is 96.1 Å². The molecule has 0 spiro atoms. The molecule has 2 unspecified atom stereocenters. The monoisotopic (exact) mass is 708 g/mol. The number of hydrogen-bond donors (Lipinski definition) is 1. The summed E-state index contributed by atoms with van der Waals surface area (Å²) >= 11 is 0. The molecule has 0 aromatic heterocycles. The van der Waals surface area contributed by atoms with Crippen molar-refractivity contribution in [2.75, 3.05) is 26.2 Å². The summed E-state index contributed by atoms with van der Waals surface area (Å²) in [6, 6.07) is 0. The second-order valence-electron chi connectivity index (χ2n) is 15.7. The van der Waals surface area contributed by atoms with Gasteiger partial charge >= 0.3 is 11.9 Å². The van der Waals surface area contributed by atoms with Crippen molar-refractivity contribution in [3.8, 4) is 0 Å². The van der Waals surface area contributed by atoms with Gasteiger partial charge in [-0.3, -0.25) is 9.59 Å². The van der Waals surface area contributed by atoms with Crippen LogP contribution in [0.5, 0.6) is 0 Å². The van der Waals surface area contributed by atoms with Crippen LogP contribution in [0.25, 0.3) is 0 Å². The van der Waals surface area contributed by atoms with Gasteiger partial charge < -0.3 is 19.5 Å². The Balaban J connectivity index is 2.15. The molecule has 0 aliphatic heterocycles. The average Bonchev–Trinajstić information content (AvgIpc) is 3.95. The lowest BCUT2D eigenvalue weighted by molar-refractivity contribution is -0.151. The maximum Gasteiger partial charge on any atom is 0.306 e. The van der Waals surface area contributed by atoms with E-state index < -0.39 is 0 Å². The Morgan fingerprint density at radius 1 is 0.520 bits per heavy atom. The van der Waals surface area contributed by atoms with Gasteiger partial charge in [-0.1, -0.05) is 136 Å². The van der Waals surface area contributed by atoms with Crippen molar-refractivity contribution in [2.45, 2.75) is 238 Å². The zero-order valence-corrected chi connectivity index (χ0v) is 33.7. The molecule has 1 fully saturated rings. The van der Waals surface area contributed by atoms with Gasteiger partial charge in [0.05, 0.1) is 6.61 Å². The van der Waals surface area contributed by atoms with E-state index in [9.17, 15) is 14.7 Å². The van der Waals surface area contributed by atoms with Crippen LogP contribution in [0.2, 0.25) is 0 Å². The Hall–Kier alpha value is -1.14. The molecule has 0 saturated heterocycles. The number of rotatable bonds is 39. The van der Waals surface area contributed by atoms with Gasteiger partial charge in [0, 0.05) is 19.4 Å². The smallest absolute Gasteiger partial charge is 0.306 e. The van der Waals surface area contributed by atoms with Gasteiger partial charge in [0.2, 0.25) is 0 Å². The van der Waals surface area contributed by atoms with Crippen molar-refractivity contribution in [2.24, 2.45) is 5.92 Å². The molecule has 6 nitrogen and oxygen atoms in total. The molecule has 0 heterocycles. The van der Waals surface area contributed by atoms with Crippen LogP contribution < -0.4 is 0 Å². The van der Waals surface area contributed by atoms with Crippen molar-refractivity contribution < 1.29 is 24.2 Å². The molecule has 1 rings (SSSR count). The van der Waals surface area contributed by atoms with Crippen LogP contribution in [0.3, 0.4) is 0 Å². The fourth-order valence-electron chi connectivity index (χ4n) is 7.24. The Morgan fingerprint density at radius 2 is 0.920 bits per heavy atom. The molecule has 6 heteroatoms. The summed E-state index contributed by atoms with van der Waals surface area (Å²) in [6.45, 7) is 9.65. The molecule has 0 amide bonds. The van der Waals surface area contributed by atoms with Crippen LogP contribution in [-0.2, 0) is 19.1 Å². The first-order chi connectivity index (χ1) is 24.5. The molecule has 0 aromatic rings. The van der Waals surface area contributed by atoms with Crippen LogP contribution in [-0.4, -0.2) is 60.4 Å². The predicted molar refractivity (Wildman–Crippen MR) is 212 cm³/mol. The van der Waals surface area contributed by atoms with Gasteiger partial charge in [0.1, 0.15) is 12.2 Å². The summed E-state index contributed by atoms with van der Waals surface area (Å²) in [5.41, 5.74) is 0. The van der Waals surface area contributed by atoms with E-state index in [4.69, 9.17) is 9.47 Å². The molecule has 1 N–H and O–H groups in total. The normalized spacial score (nSPS) is 14.3. The van der Waals surface area contributed by atoms with E-state index in [1.165, 1.54) is 122 Å². The van der Waals surface area contributed by atoms with Gasteiger partial charge in [-0.25, -0.2) is 0 Å². The quantitative estimate of drug-likeness (QED) is 0.0506. The molecule has 0 radical (unpaired) electrons. The summed E-state index contributed by atoms with van der Waals surface area (Å²) in [5, 5.41) is 9.58. The van der Waals surface area contributed by atoms with E-state index >= 15 is 0 Å². The van der Waals surface area contributed by atoms with E-state index in [1.807, 2.05) is 0 Å². The molecular formula is C44H85NO5. The second-order valence-corrected chi connectivity index (χ2v) is 15.7. The van der Waals surface area contributed by atoms with E-state index in [0.29, 0.717) is 25.3 Å². The lowest BCUT2D eigenvalue weighted by Gasteiger charge is -2.21. The highest BCUT2D eigenvalue weighted by molar-refractivity contribution is 5.69. The highest BCUT2D eigenvalue weighted by Crippen LogP contribution is 2.37. The van der Waals surface area contributed by atoms with Crippen molar-refractivity contribution in [1.29, 1.82) is 0 Å². The van der Waals surface area contributed by atoms with Crippen LogP contribution >= 0.6 is 0 Å². The molecular weight excluding hydrogens is 622 g/mol. The second kappa shape index (κ2) is 34.9.